The summed E-state index contributed by atoms with van der Waals surface area (Å²) in [6.07, 6.45) is 0. The Balaban J connectivity index is 2.18. The first-order valence-corrected chi connectivity index (χ1v) is 7.13. The minimum absolute atomic E-state index is 0.247. The fourth-order valence-electron chi connectivity index (χ4n) is 2.56. The van der Waals surface area contributed by atoms with Gasteiger partial charge < -0.3 is 10.0 Å². The normalized spacial score (nSPS) is 14.1. The number of aromatic carboxylic acids is 1. The molecule has 0 radical (unpaired) electrons. The smallest absolute Gasteiger partial charge is 0.335 e. The van der Waals surface area contributed by atoms with E-state index in [0.29, 0.717) is 5.70 Å². The van der Waals surface area contributed by atoms with Crippen LogP contribution in [0.5, 0.6) is 0 Å². The minimum atomic E-state index is -0.947. The largest absolute Gasteiger partial charge is 0.478 e. The van der Waals surface area contributed by atoms with Gasteiger partial charge in [-0.15, -0.1) is 0 Å². The van der Waals surface area contributed by atoms with Crippen molar-refractivity contribution < 1.29 is 9.90 Å². The number of carboxylic acids is 1. The highest BCUT2D eigenvalue weighted by atomic mass is 16.4. The standard InChI is InChI=1S/C19H16N2O2/c1-12-13(2)21(3)17-7-5-4-6-16(17)18(20-12)14-8-10-15(11-9-14)19(22)23/h4-11H,1-2H2,3H3,(H,22,23). The van der Waals surface area contributed by atoms with Gasteiger partial charge in [-0.1, -0.05) is 43.5 Å². The average Bonchev–Trinajstić information content (AvgIpc) is 2.66. The molecule has 0 spiro atoms. The van der Waals surface area contributed by atoms with E-state index in [1.54, 1.807) is 24.3 Å². The first-order chi connectivity index (χ1) is 11.0. The van der Waals surface area contributed by atoms with Crippen LogP contribution in [0.2, 0.25) is 0 Å². The highest BCUT2D eigenvalue weighted by Crippen LogP contribution is 2.31. The van der Waals surface area contributed by atoms with Crippen LogP contribution in [0.3, 0.4) is 0 Å². The third kappa shape index (κ3) is 2.55. The first kappa shape index (κ1) is 14.8. The van der Waals surface area contributed by atoms with Gasteiger partial charge in [0.1, 0.15) is 0 Å². The maximum atomic E-state index is 11.0. The number of anilines is 1. The zero-order valence-electron chi connectivity index (χ0n) is 12.8. The Morgan fingerprint density at radius 1 is 1.09 bits per heavy atom. The molecule has 2 aromatic rings. The number of nitrogens with zero attached hydrogens (tertiary/aromatic N) is 2. The SMILES string of the molecule is C=C1N=C(c2ccc(C(=O)O)cc2)c2ccccc2N(C)C1=C. The second kappa shape index (κ2) is 5.57. The van der Waals surface area contributed by atoms with Crippen LogP contribution in [0.15, 0.2) is 78.1 Å². The summed E-state index contributed by atoms with van der Waals surface area (Å²) in [5, 5.41) is 9.04. The highest BCUT2D eigenvalue weighted by Gasteiger charge is 2.21. The van der Waals surface area contributed by atoms with Crippen LogP contribution in [0.4, 0.5) is 5.69 Å². The van der Waals surface area contributed by atoms with Crippen LogP contribution in [-0.4, -0.2) is 23.8 Å². The van der Waals surface area contributed by atoms with Crippen molar-refractivity contribution in [1.29, 1.82) is 0 Å². The molecular weight excluding hydrogens is 288 g/mol. The number of carboxylic acid groups (broad SMARTS) is 1. The second-order valence-corrected chi connectivity index (χ2v) is 5.31. The maximum absolute atomic E-state index is 11.0. The summed E-state index contributed by atoms with van der Waals surface area (Å²) < 4.78 is 0. The molecule has 0 aliphatic carbocycles. The molecular formula is C19H16N2O2. The van der Waals surface area contributed by atoms with Crippen molar-refractivity contribution >= 4 is 17.4 Å². The number of benzene rings is 2. The van der Waals surface area contributed by atoms with Crippen molar-refractivity contribution in [2.75, 3.05) is 11.9 Å². The lowest BCUT2D eigenvalue weighted by Gasteiger charge is -2.21. The number of benzodiazepines with no additional fused rings is 1. The lowest BCUT2D eigenvalue weighted by molar-refractivity contribution is 0.0697. The van der Waals surface area contributed by atoms with Crippen molar-refractivity contribution in [3.8, 4) is 0 Å². The third-order valence-electron chi connectivity index (χ3n) is 3.91. The van der Waals surface area contributed by atoms with E-state index in [0.717, 1.165) is 28.2 Å². The fraction of sp³-hybridized carbons (Fsp3) is 0.0526. The summed E-state index contributed by atoms with van der Waals surface area (Å²) in [4.78, 5) is 17.6. The Bertz CT molecular complexity index is 848. The Morgan fingerprint density at radius 3 is 2.39 bits per heavy atom. The molecule has 0 saturated heterocycles. The predicted molar refractivity (Wildman–Crippen MR) is 92.2 cm³/mol. The Hall–Kier alpha value is -3.14. The number of likely N-dealkylation sites (N-methyl/N-ethyl adjacent to an activating group) is 1. The third-order valence-corrected chi connectivity index (χ3v) is 3.91. The summed E-state index contributed by atoms with van der Waals surface area (Å²) in [7, 11) is 1.93. The number of para-hydroxylation sites is 1. The van der Waals surface area contributed by atoms with E-state index in [4.69, 9.17) is 5.11 Å². The zero-order chi connectivity index (χ0) is 16.6. The molecule has 0 saturated carbocycles. The zero-order valence-corrected chi connectivity index (χ0v) is 12.8. The molecule has 0 bridgehead atoms. The van der Waals surface area contributed by atoms with Crippen molar-refractivity contribution in [2.45, 2.75) is 0 Å². The minimum Gasteiger partial charge on any atom is -0.478 e. The van der Waals surface area contributed by atoms with E-state index in [2.05, 4.69) is 18.2 Å². The van der Waals surface area contributed by atoms with Gasteiger partial charge >= 0.3 is 5.97 Å². The van der Waals surface area contributed by atoms with E-state index >= 15 is 0 Å². The number of fused-ring (bicyclic) bond motifs is 1. The van der Waals surface area contributed by atoms with Gasteiger partial charge in [-0.3, -0.25) is 0 Å². The lowest BCUT2D eigenvalue weighted by atomic mass is 9.99. The van der Waals surface area contributed by atoms with Crippen LogP contribution in [0.25, 0.3) is 0 Å². The molecule has 23 heavy (non-hydrogen) atoms. The Morgan fingerprint density at radius 2 is 1.74 bits per heavy atom. The Kier molecular flexibility index (Phi) is 3.58. The molecule has 1 aliphatic heterocycles. The number of hydrogen-bond donors (Lipinski definition) is 1. The quantitative estimate of drug-likeness (QED) is 0.920. The van der Waals surface area contributed by atoms with Crippen LogP contribution in [0.1, 0.15) is 21.5 Å². The molecule has 1 heterocycles. The number of rotatable bonds is 2. The van der Waals surface area contributed by atoms with Crippen molar-refractivity contribution in [2.24, 2.45) is 4.99 Å². The van der Waals surface area contributed by atoms with Gasteiger partial charge in [0.05, 0.1) is 28.4 Å². The molecule has 114 valence electrons. The van der Waals surface area contributed by atoms with Crippen LogP contribution >= 0.6 is 0 Å². The van der Waals surface area contributed by atoms with Crippen LogP contribution in [-0.2, 0) is 0 Å². The molecule has 2 aromatic carbocycles. The number of hydrogen-bond acceptors (Lipinski definition) is 3. The molecule has 3 rings (SSSR count). The van der Waals surface area contributed by atoms with Gasteiger partial charge in [0.25, 0.3) is 0 Å². The van der Waals surface area contributed by atoms with Crippen molar-refractivity contribution in [3.63, 3.8) is 0 Å². The molecule has 0 atom stereocenters. The molecule has 0 unspecified atom stereocenters. The van der Waals surface area contributed by atoms with E-state index in [1.807, 2.05) is 36.2 Å². The molecule has 0 aromatic heterocycles. The van der Waals surface area contributed by atoms with Gasteiger partial charge in [0.15, 0.2) is 0 Å². The van der Waals surface area contributed by atoms with Gasteiger partial charge in [0.2, 0.25) is 0 Å². The molecule has 4 heteroatoms. The summed E-state index contributed by atoms with van der Waals surface area (Å²) in [6, 6.07) is 14.6. The molecule has 4 nitrogen and oxygen atoms in total. The predicted octanol–water partition coefficient (Wildman–Crippen LogP) is 3.70. The summed E-state index contributed by atoms with van der Waals surface area (Å²) in [6.45, 7) is 8.03. The number of aliphatic imine (C=N–C) groups is 1. The molecule has 0 fully saturated rings. The van der Waals surface area contributed by atoms with Crippen LogP contribution < -0.4 is 4.90 Å². The van der Waals surface area contributed by atoms with Crippen molar-refractivity contribution in [3.05, 3.63) is 89.8 Å². The Labute approximate surface area is 134 Å². The van der Waals surface area contributed by atoms with E-state index in [1.165, 1.54) is 0 Å². The van der Waals surface area contributed by atoms with Crippen LogP contribution in [0, 0.1) is 0 Å². The monoisotopic (exact) mass is 304 g/mol. The molecule has 1 N–H and O–H groups in total. The van der Waals surface area contributed by atoms with Gasteiger partial charge in [-0.05, 0) is 18.2 Å². The fourth-order valence-corrected chi connectivity index (χ4v) is 2.56. The van der Waals surface area contributed by atoms with Gasteiger partial charge in [-0.2, -0.15) is 0 Å². The highest BCUT2D eigenvalue weighted by molar-refractivity contribution is 6.17. The van der Waals surface area contributed by atoms with Crippen molar-refractivity contribution in [1.82, 2.24) is 0 Å². The van der Waals surface area contributed by atoms with E-state index in [-0.39, 0.29) is 5.56 Å². The summed E-state index contributed by atoms with van der Waals surface area (Å²) >= 11 is 0. The number of carbonyl (C=O) groups is 1. The summed E-state index contributed by atoms with van der Waals surface area (Å²) in [5.74, 6) is -0.947. The van der Waals surface area contributed by atoms with Gasteiger partial charge in [-0.25, -0.2) is 9.79 Å². The summed E-state index contributed by atoms with van der Waals surface area (Å²) in [5.41, 5.74) is 5.10. The maximum Gasteiger partial charge on any atom is 0.335 e. The molecule has 1 aliphatic rings. The second-order valence-electron chi connectivity index (χ2n) is 5.31. The van der Waals surface area contributed by atoms with E-state index in [9.17, 15) is 4.79 Å². The first-order valence-electron chi connectivity index (χ1n) is 7.13. The van der Waals surface area contributed by atoms with Gasteiger partial charge in [0, 0.05) is 18.2 Å². The average molecular weight is 304 g/mol. The molecule has 0 amide bonds. The topological polar surface area (TPSA) is 52.9 Å². The van der Waals surface area contributed by atoms with E-state index < -0.39 is 5.97 Å². The lowest BCUT2D eigenvalue weighted by Crippen LogP contribution is -2.16.